The van der Waals surface area contributed by atoms with E-state index in [4.69, 9.17) is 10.7 Å². The Morgan fingerprint density at radius 3 is 2.21 bits per heavy atom. The van der Waals surface area contributed by atoms with Gasteiger partial charge in [0.1, 0.15) is 0 Å². The fourth-order valence-electron chi connectivity index (χ4n) is 1.03. The Morgan fingerprint density at radius 2 is 1.79 bits per heavy atom. The van der Waals surface area contributed by atoms with Gasteiger partial charge in [0.15, 0.2) is 0 Å². The van der Waals surface area contributed by atoms with Crippen LogP contribution >= 0.6 is 10.7 Å². The largest absolute Gasteiger partial charge is 0.299 e. The molecule has 1 rings (SSSR count). The first-order valence-corrected chi connectivity index (χ1v) is 6.37. The van der Waals surface area contributed by atoms with Gasteiger partial charge in [0.2, 0.25) is 0 Å². The molecule has 0 atom stereocenters. The molecule has 0 heterocycles. The summed E-state index contributed by atoms with van der Waals surface area (Å²) in [5.74, 6) is 0. The molecule has 0 saturated carbocycles. The molecule has 0 fully saturated rings. The van der Waals surface area contributed by atoms with Crippen LogP contribution < -0.4 is 0 Å². The van der Waals surface area contributed by atoms with Gasteiger partial charge in [-0.05, 0) is 12.5 Å². The van der Waals surface area contributed by atoms with Gasteiger partial charge in [0.25, 0.3) is 9.24 Å². The Morgan fingerprint density at radius 1 is 1.29 bits per heavy atom. The third-order valence-corrected chi connectivity index (χ3v) is 3.48. The summed E-state index contributed by atoms with van der Waals surface area (Å²) in [4.78, 5) is 0. The van der Waals surface area contributed by atoms with Crippen LogP contribution in [0.3, 0.4) is 0 Å². The van der Waals surface area contributed by atoms with Crippen molar-refractivity contribution in [1.82, 2.24) is 4.31 Å². The minimum absolute atomic E-state index is 0.298. The molecule has 14 heavy (non-hydrogen) atoms. The monoisotopic (exact) mass is 233 g/mol. The second-order valence-corrected chi connectivity index (χ2v) is 5.80. The van der Waals surface area contributed by atoms with Crippen LogP contribution in [0.4, 0.5) is 0 Å². The van der Waals surface area contributed by atoms with E-state index in [0.717, 1.165) is 15.4 Å². The van der Waals surface area contributed by atoms with Crippen molar-refractivity contribution in [2.45, 2.75) is 13.5 Å². The third-order valence-electron chi connectivity index (χ3n) is 1.90. The van der Waals surface area contributed by atoms with Gasteiger partial charge in [-0.25, -0.2) is 0 Å². The minimum atomic E-state index is -3.61. The average Bonchev–Trinajstić information content (AvgIpc) is 2.07. The van der Waals surface area contributed by atoms with Crippen molar-refractivity contribution in [3.05, 3.63) is 35.4 Å². The number of rotatable bonds is 3. The highest BCUT2D eigenvalue weighted by molar-refractivity contribution is 8.11. The molecule has 0 spiro atoms. The van der Waals surface area contributed by atoms with Gasteiger partial charge in [-0.15, -0.1) is 0 Å². The Balaban J connectivity index is 2.75. The lowest BCUT2D eigenvalue weighted by Crippen LogP contribution is -2.21. The molecule has 0 aromatic heterocycles. The maximum Gasteiger partial charge on any atom is 0.299 e. The Hall–Kier alpha value is -0.580. The zero-order chi connectivity index (χ0) is 10.8. The van der Waals surface area contributed by atoms with Gasteiger partial charge in [0, 0.05) is 24.3 Å². The molecule has 1 aromatic rings. The van der Waals surface area contributed by atoms with Crippen molar-refractivity contribution in [1.29, 1.82) is 0 Å². The molecule has 0 N–H and O–H groups in total. The lowest BCUT2D eigenvalue weighted by Gasteiger charge is -2.11. The van der Waals surface area contributed by atoms with Gasteiger partial charge in [-0.1, -0.05) is 29.8 Å². The average molecular weight is 234 g/mol. The van der Waals surface area contributed by atoms with Gasteiger partial charge in [-0.2, -0.15) is 12.7 Å². The van der Waals surface area contributed by atoms with E-state index < -0.39 is 9.24 Å². The zero-order valence-electron chi connectivity index (χ0n) is 8.07. The van der Waals surface area contributed by atoms with E-state index in [-0.39, 0.29) is 0 Å². The Kier molecular flexibility index (Phi) is 3.53. The van der Waals surface area contributed by atoms with Crippen LogP contribution in [0.2, 0.25) is 0 Å². The van der Waals surface area contributed by atoms with Gasteiger partial charge in [-0.3, -0.25) is 0 Å². The summed E-state index contributed by atoms with van der Waals surface area (Å²) in [6.07, 6.45) is 0. The highest BCUT2D eigenvalue weighted by atomic mass is 35.7. The maximum absolute atomic E-state index is 10.9. The van der Waals surface area contributed by atoms with Crippen LogP contribution in [0.5, 0.6) is 0 Å². The summed E-state index contributed by atoms with van der Waals surface area (Å²) >= 11 is 0. The smallest absolute Gasteiger partial charge is 0.195 e. The van der Waals surface area contributed by atoms with Crippen molar-refractivity contribution in [3.63, 3.8) is 0 Å². The van der Waals surface area contributed by atoms with Crippen molar-refractivity contribution in [3.8, 4) is 0 Å². The number of hydrogen-bond donors (Lipinski definition) is 0. The highest BCUT2D eigenvalue weighted by Crippen LogP contribution is 2.10. The quantitative estimate of drug-likeness (QED) is 0.748. The van der Waals surface area contributed by atoms with E-state index in [1.807, 2.05) is 31.2 Å². The number of halogens is 1. The van der Waals surface area contributed by atoms with Crippen LogP contribution in [0.25, 0.3) is 0 Å². The standard InChI is InChI=1S/C9H12ClNO2S/c1-8-3-5-9(6-4-8)7-11(2)14(10,12)13/h3-6H,7H2,1-2H3. The second-order valence-electron chi connectivity index (χ2n) is 3.18. The van der Waals surface area contributed by atoms with Crippen molar-refractivity contribution >= 4 is 19.9 Å². The van der Waals surface area contributed by atoms with Crippen LogP contribution in [-0.2, 0) is 15.8 Å². The highest BCUT2D eigenvalue weighted by Gasteiger charge is 2.13. The van der Waals surface area contributed by atoms with Crippen molar-refractivity contribution < 1.29 is 8.42 Å². The van der Waals surface area contributed by atoms with Crippen molar-refractivity contribution in [2.24, 2.45) is 0 Å². The molecule has 0 saturated heterocycles. The summed E-state index contributed by atoms with van der Waals surface area (Å²) in [5.41, 5.74) is 2.06. The van der Waals surface area contributed by atoms with Crippen LogP contribution in [0, 0.1) is 6.92 Å². The van der Waals surface area contributed by atoms with E-state index in [1.54, 1.807) is 0 Å². The van der Waals surface area contributed by atoms with Crippen molar-refractivity contribution in [2.75, 3.05) is 7.05 Å². The van der Waals surface area contributed by atoms with Crippen LogP contribution in [-0.4, -0.2) is 19.8 Å². The Bertz CT molecular complexity index is 399. The van der Waals surface area contributed by atoms with Crippen LogP contribution in [0.15, 0.2) is 24.3 Å². The number of nitrogens with zero attached hydrogens (tertiary/aromatic N) is 1. The summed E-state index contributed by atoms with van der Waals surface area (Å²) in [5, 5.41) is 0. The van der Waals surface area contributed by atoms with E-state index in [1.165, 1.54) is 7.05 Å². The first-order chi connectivity index (χ1) is 6.39. The topological polar surface area (TPSA) is 37.4 Å². The molecule has 0 aliphatic carbocycles. The molecule has 78 valence electrons. The van der Waals surface area contributed by atoms with Gasteiger partial charge < -0.3 is 0 Å². The predicted octanol–water partition coefficient (Wildman–Crippen LogP) is 1.91. The van der Waals surface area contributed by atoms with Gasteiger partial charge >= 0.3 is 0 Å². The van der Waals surface area contributed by atoms with E-state index in [0.29, 0.717) is 6.54 Å². The first-order valence-electron chi connectivity index (χ1n) is 4.11. The molecule has 0 unspecified atom stereocenters. The minimum Gasteiger partial charge on any atom is -0.195 e. The lowest BCUT2D eigenvalue weighted by atomic mass is 10.1. The predicted molar refractivity (Wildman–Crippen MR) is 57.4 cm³/mol. The fraction of sp³-hybridized carbons (Fsp3) is 0.333. The van der Waals surface area contributed by atoms with E-state index in [9.17, 15) is 8.42 Å². The Labute approximate surface area is 88.9 Å². The fourth-order valence-corrected chi connectivity index (χ4v) is 1.48. The summed E-state index contributed by atoms with van der Waals surface area (Å²) in [6.45, 7) is 2.28. The molecule has 1 aromatic carbocycles. The summed E-state index contributed by atoms with van der Waals surface area (Å²) in [6, 6.07) is 7.63. The molecule has 0 amide bonds. The third kappa shape index (κ3) is 3.29. The van der Waals surface area contributed by atoms with E-state index in [2.05, 4.69) is 0 Å². The van der Waals surface area contributed by atoms with E-state index >= 15 is 0 Å². The summed E-state index contributed by atoms with van der Waals surface area (Å²) < 4.78 is 22.9. The lowest BCUT2D eigenvalue weighted by molar-refractivity contribution is 0.480. The van der Waals surface area contributed by atoms with Gasteiger partial charge in [0.05, 0.1) is 0 Å². The number of benzene rings is 1. The zero-order valence-corrected chi connectivity index (χ0v) is 9.64. The molecular formula is C9H12ClNO2S. The molecule has 0 aliphatic rings. The first kappa shape index (κ1) is 11.5. The maximum atomic E-state index is 10.9. The SMILES string of the molecule is Cc1ccc(CN(C)S(=O)(=O)Cl)cc1. The molecule has 0 radical (unpaired) electrons. The normalized spacial score (nSPS) is 12.0. The molecule has 3 nitrogen and oxygen atoms in total. The molecule has 0 bridgehead atoms. The molecule has 5 heteroatoms. The molecule has 0 aliphatic heterocycles. The number of hydrogen-bond acceptors (Lipinski definition) is 2. The number of aryl methyl sites for hydroxylation is 1. The van der Waals surface area contributed by atoms with Crippen LogP contribution in [0.1, 0.15) is 11.1 Å². The molecular weight excluding hydrogens is 222 g/mol. The summed E-state index contributed by atoms with van der Waals surface area (Å²) in [7, 11) is 3.00. The second kappa shape index (κ2) is 4.29.